The first-order chi connectivity index (χ1) is 9.74. The van der Waals surface area contributed by atoms with Gasteiger partial charge >= 0.3 is 0 Å². The van der Waals surface area contributed by atoms with Crippen molar-refractivity contribution < 1.29 is 9.52 Å². The van der Waals surface area contributed by atoms with Crippen molar-refractivity contribution >= 4 is 11.3 Å². The molecular formula is C16H21NO2S. The highest BCUT2D eigenvalue weighted by atomic mass is 32.1. The van der Waals surface area contributed by atoms with Crippen LogP contribution in [0.4, 0.5) is 0 Å². The number of rotatable bonds is 5. The van der Waals surface area contributed by atoms with E-state index in [0.717, 1.165) is 0 Å². The van der Waals surface area contributed by atoms with Crippen LogP contribution in [0.15, 0.2) is 34.3 Å². The van der Waals surface area contributed by atoms with Crippen LogP contribution in [0.2, 0.25) is 0 Å². The van der Waals surface area contributed by atoms with Gasteiger partial charge in [-0.15, -0.1) is 11.3 Å². The molecule has 0 saturated carbocycles. The minimum absolute atomic E-state index is 0.256. The maximum Gasteiger partial charge on any atom is 0.132 e. The Morgan fingerprint density at radius 3 is 3.20 bits per heavy atom. The molecule has 0 saturated heterocycles. The van der Waals surface area contributed by atoms with Crippen LogP contribution in [0.1, 0.15) is 54.5 Å². The summed E-state index contributed by atoms with van der Waals surface area (Å²) in [6, 6.07) is 6.58. The van der Waals surface area contributed by atoms with Crippen molar-refractivity contribution in [2.75, 3.05) is 0 Å². The van der Waals surface area contributed by atoms with Gasteiger partial charge in [0.1, 0.15) is 11.9 Å². The zero-order chi connectivity index (χ0) is 13.9. The molecule has 3 unspecified atom stereocenters. The molecule has 0 amide bonds. The third kappa shape index (κ3) is 2.97. The molecule has 2 aromatic heterocycles. The average Bonchev–Trinajstić information content (AvgIpc) is 3.10. The van der Waals surface area contributed by atoms with E-state index in [1.165, 1.54) is 29.7 Å². The monoisotopic (exact) mass is 291 g/mol. The van der Waals surface area contributed by atoms with Crippen molar-refractivity contribution in [3.63, 3.8) is 0 Å². The number of hydrogen-bond donors (Lipinski definition) is 2. The lowest BCUT2D eigenvalue weighted by Gasteiger charge is -2.28. The van der Waals surface area contributed by atoms with Gasteiger partial charge in [0.05, 0.1) is 6.26 Å². The van der Waals surface area contributed by atoms with Crippen molar-refractivity contribution in [2.24, 2.45) is 0 Å². The number of furan rings is 1. The normalized spacial score (nSPS) is 21.4. The largest absolute Gasteiger partial charge is 0.467 e. The molecule has 0 spiro atoms. The number of hydrogen-bond acceptors (Lipinski definition) is 4. The van der Waals surface area contributed by atoms with Crippen molar-refractivity contribution in [2.45, 2.75) is 50.8 Å². The summed E-state index contributed by atoms with van der Waals surface area (Å²) in [6.45, 7) is 2.13. The Morgan fingerprint density at radius 2 is 2.40 bits per heavy atom. The highest BCUT2D eigenvalue weighted by Gasteiger charge is 2.23. The van der Waals surface area contributed by atoms with Crippen molar-refractivity contribution in [3.05, 3.63) is 46.0 Å². The fourth-order valence-corrected chi connectivity index (χ4v) is 3.99. The van der Waals surface area contributed by atoms with Crippen LogP contribution >= 0.6 is 11.3 Å². The van der Waals surface area contributed by atoms with E-state index in [4.69, 9.17) is 4.42 Å². The number of thiophene rings is 1. The number of nitrogens with one attached hydrogen (secondary N) is 1. The van der Waals surface area contributed by atoms with E-state index in [9.17, 15) is 5.11 Å². The van der Waals surface area contributed by atoms with Crippen LogP contribution in [-0.2, 0) is 6.42 Å². The predicted octanol–water partition coefficient (Wildman–Crippen LogP) is 3.82. The summed E-state index contributed by atoms with van der Waals surface area (Å²) >= 11 is 1.86. The van der Waals surface area contributed by atoms with Gasteiger partial charge in [-0.2, -0.15) is 0 Å². The summed E-state index contributed by atoms with van der Waals surface area (Å²) in [4.78, 5) is 1.52. The maximum absolute atomic E-state index is 10.1. The number of fused-ring (bicyclic) bond motifs is 1. The lowest BCUT2D eigenvalue weighted by atomic mass is 9.93. The summed E-state index contributed by atoms with van der Waals surface area (Å²) in [5.41, 5.74) is 1.46. The quantitative estimate of drug-likeness (QED) is 0.880. The van der Waals surface area contributed by atoms with Gasteiger partial charge in [-0.3, -0.25) is 0 Å². The third-order valence-corrected chi connectivity index (χ3v) is 4.98. The van der Waals surface area contributed by atoms with Crippen molar-refractivity contribution in [1.82, 2.24) is 5.32 Å². The Morgan fingerprint density at radius 1 is 1.50 bits per heavy atom. The van der Waals surface area contributed by atoms with Gasteiger partial charge in [0.25, 0.3) is 0 Å². The van der Waals surface area contributed by atoms with Crippen LogP contribution in [0.5, 0.6) is 0 Å². The SMILES string of the molecule is CC(CC(O)c1ccco1)NC1CCCc2sccc21. The van der Waals surface area contributed by atoms with Crippen LogP contribution in [-0.4, -0.2) is 11.1 Å². The molecule has 1 aliphatic rings. The van der Waals surface area contributed by atoms with Gasteiger partial charge in [0.15, 0.2) is 0 Å². The first kappa shape index (κ1) is 13.9. The molecule has 0 radical (unpaired) electrons. The molecule has 2 aromatic rings. The zero-order valence-corrected chi connectivity index (χ0v) is 12.5. The van der Waals surface area contributed by atoms with Gasteiger partial charge in [0, 0.05) is 17.0 Å². The van der Waals surface area contributed by atoms with E-state index >= 15 is 0 Å². The van der Waals surface area contributed by atoms with Crippen LogP contribution in [0.3, 0.4) is 0 Å². The Balaban J connectivity index is 1.59. The molecule has 20 heavy (non-hydrogen) atoms. The maximum atomic E-state index is 10.1. The summed E-state index contributed by atoms with van der Waals surface area (Å²) in [7, 11) is 0. The van der Waals surface area contributed by atoms with E-state index in [1.807, 2.05) is 23.5 Å². The van der Waals surface area contributed by atoms with Gasteiger partial charge < -0.3 is 14.8 Å². The van der Waals surface area contributed by atoms with Crippen LogP contribution in [0, 0.1) is 0 Å². The lowest BCUT2D eigenvalue weighted by molar-refractivity contribution is 0.126. The van der Waals surface area contributed by atoms with E-state index in [0.29, 0.717) is 18.2 Å². The molecular weight excluding hydrogens is 270 g/mol. The molecule has 0 fully saturated rings. The second-order valence-electron chi connectivity index (χ2n) is 5.58. The van der Waals surface area contributed by atoms with Crippen LogP contribution in [0.25, 0.3) is 0 Å². The van der Waals surface area contributed by atoms with Gasteiger partial charge in [0.2, 0.25) is 0 Å². The number of aryl methyl sites for hydroxylation is 1. The smallest absolute Gasteiger partial charge is 0.132 e. The summed E-state index contributed by atoms with van der Waals surface area (Å²) in [5.74, 6) is 0.651. The average molecular weight is 291 g/mol. The molecule has 4 heteroatoms. The highest BCUT2D eigenvalue weighted by molar-refractivity contribution is 7.10. The molecule has 3 atom stereocenters. The lowest BCUT2D eigenvalue weighted by Crippen LogP contribution is -2.33. The molecule has 3 nitrogen and oxygen atoms in total. The summed E-state index contributed by atoms with van der Waals surface area (Å²) in [6.07, 6.45) is 5.40. The Bertz CT molecular complexity index is 534. The Hall–Kier alpha value is -1.10. The first-order valence-corrected chi connectivity index (χ1v) is 8.16. The Kier molecular flexibility index (Phi) is 4.24. The molecule has 1 aliphatic carbocycles. The van der Waals surface area contributed by atoms with Gasteiger partial charge in [-0.25, -0.2) is 0 Å². The minimum atomic E-state index is -0.530. The third-order valence-electron chi connectivity index (χ3n) is 3.99. The van der Waals surface area contributed by atoms with E-state index < -0.39 is 6.10 Å². The minimum Gasteiger partial charge on any atom is -0.467 e. The molecule has 0 bridgehead atoms. The van der Waals surface area contributed by atoms with E-state index in [-0.39, 0.29) is 6.04 Å². The Labute approximate surface area is 123 Å². The number of aliphatic hydroxyl groups is 1. The van der Waals surface area contributed by atoms with Gasteiger partial charge in [-0.05, 0) is 61.7 Å². The van der Waals surface area contributed by atoms with Crippen molar-refractivity contribution in [1.29, 1.82) is 0 Å². The molecule has 2 N–H and O–H groups in total. The standard InChI is InChI=1S/C16H21NO2S/c1-11(10-14(18)15-5-3-8-19-15)17-13-4-2-6-16-12(13)7-9-20-16/h3,5,7-9,11,13-14,17-18H,2,4,6,10H2,1H3. The van der Waals surface area contributed by atoms with Gasteiger partial charge in [-0.1, -0.05) is 0 Å². The number of aliphatic hydroxyl groups excluding tert-OH is 1. The fourth-order valence-electron chi connectivity index (χ4n) is 3.00. The van der Waals surface area contributed by atoms with E-state index in [2.05, 4.69) is 23.7 Å². The second kappa shape index (κ2) is 6.12. The molecule has 3 rings (SSSR count). The van der Waals surface area contributed by atoms with Crippen molar-refractivity contribution in [3.8, 4) is 0 Å². The molecule has 2 heterocycles. The zero-order valence-electron chi connectivity index (χ0n) is 11.7. The predicted molar refractivity (Wildman–Crippen MR) is 80.9 cm³/mol. The van der Waals surface area contributed by atoms with Crippen LogP contribution < -0.4 is 5.32 Å². The topological polar surface area (TPSA) is 45.4 Å². The molecule has 0 aromatic carbocycles. The summed E-state index contributed by atoms with van der Waals surface area (Å²) < 4.78 is 5.25. The highest BCUT2D eigenvalue weighted by Crippen LogP contribution is 2.34. The van der Waals surface area contributed by atoms with E-state index in [1.54, 1.807) is 6.26 Å². The second-order valence-corrected chi connectivity index (χ2v) is 6.58. The first-order valence-electron chi connectivity index (χ1n) is 7.28. The fraction of sp³-hybridized carbons (Fsp3) is 0.500. The molecule has 0 aliphatic heterocycles. The summed E-state index contributed by atoms with van der Waals surface area (Å²) in [5, 5.41) is 16.0. The molecule has 108 valence electrons.